The molecule has 0 N–H and O–H groups in total. The first-order valence-corrected chi connectivity index (χ1v) is 6.51. The van der Waals surface area contributed by atoms with Crippen molar-refractivity contribution in [2.24, 2.45) is 0 Å². The minimum atomic E-state index is -0.232. The van der Waals surface area contributed by atoms with Gasteiger partial charge in [-0.1, -0.05) is 29.3 Å². The van der Waals surface area contributed by atoms with Gasteiger partial charge in [-0.15, -0.1) is 0 Å². The topological polar surface area (TPSA) is 42.4 Å². The van der Waals surface area contributed by atoms with Crippen molar-refractivity contribution in [3.05, 3.63) is 52.3 Å². The third-order valence-corrected chi connectivity index (χ3v) is 3.47. The summed E-state index contributed by atoms with van der Waals surface area (Å²) in [6.07, 6.45) is 1.40. The third-order valence-electron chi connectivity index (χ3n) is 2.79. The molecule has 0 unspecified atom stereocenters. The predicted molar refractivity (Wildman–Crippen MR) is 80.0 cm³/mol. The maximum Gasteiger partial charge on any atom is 0.259 e. The SMILES string of the molecule is COc1cccc(N(C)C(=O)c2cnc(Cl)c(Cl)c2)c1. The Morgan fingerprint density at radius 2 is 2.05 bits per heavy atom. The molecule has 0 fully saturated rings. The molecule has 4 nitrogen and oxygen atoms in total. The highest BCUT2D eigenvalue weighted by Gasteiger charge is 2.15. The van der Waals surface area contributed by atoms with Gasteiger partial charge in [0.1, 0.15) is 10.9 Å². The monoisotopic (exact) mass is 310 g/mol. The summed E-state index contributed by atoms with van der Waals surface area (Å²) < 4.78 is 5.14. The molecule has 0 aliphatic rings. The van der Waals surface area contributed by atoms with E-state index in [0.717, 1.165) is 0 Å². The summed E-state index contributed by atoms with van der Waals surface area (Å²) in [6, 6.07) is 8.69. The Kier molecular flexibility index (Phi) is 4.47. The van der Waals surface area contributed by atoms with Gasteiger partial charge in [0.2, 0.25) is 0 Å². The van der Waals surface area contributed by atoms with E-state index in [1.54, 1.807) is 20.2 Å². The molecule has 0 bridgehead atoms. The Hall–Kier alpha value is -1.78. The molecule has 1 amide bonds. The Balaban J connectivity index is 2.29. The maximum absolute atomic E-state index is 12.4. The number of nitrogens with zero attached hydrogens (tertiary/aromatic N) is 2. The zero-order valence-electron chi connectivity index (χ0n) is 10.9. The number of carbonyl (C=O) groups is 1. The molecule has 0 saturated carbocycles. The predicted octanol–water partition coefficient (Wildman–Crippen LogP) is 3.67. The van der Waals surface area contributed by atoms with Gasteiger partial charge in [-0.3, -0.25) is 4.79 Å². The van der Waals surface area contributed by atoms with Crippen LogP contribution in [0.25, 0.3) is 0 Å². The van der Waals surface area contributed by atoms with Crippen LogP contribution in [0.2, 0.25) is 10.2 Å². The second-order valence-corrected chi connectivity index (χ2v) is 4.83. The van der Waals surface area contributed by atoms with E-state index in [2.05, 4.69) is 4.98 Å². The summed E-state index contributed by atoms with van der Waals surface area (Å²) in [6.45, 7) is 0. The Morgan fingerprint density at radius 1 is 1.30 bits per heavy atom. The van der Waals surface area contributed by atoms with E-state index in [9.17, 15) is 4.79 Å². The highest BCUT2D eigenvalue weighted by atomic mass is 35.5. The Morgan fingerprint density at radius 3 is 2.70 bits per heavy atom. The molecule has 2 rings (SSSR count). The standard InChI is InChI=1S/C14H12Cl2N2O2/c1-18(10-4-3-5-11(7-10)20-2)14(19)9-6-12(15)13(16)17-8-9/h3-8H,1-2H3. The molecular formula is C14H12Cl2N2O2. The Labute approximate surface area is 126 Å². The number of benzene rings is 1. The fourth-order valence-corrected chi connectivity index (χ4v) is 1.94. The first kappa shape index (κ1) is 14.6. The van der Waals surface area contributed by atoms with E-state index in [4.69, 9.17) is 27.9 Å². The van der Waals surface area contributed by atoms with Gasteiger partial charge < -0.3 is 9.64 Å². The van der Waals surface area contributed by atoms with Gasteiger partial charge >= 0.3 is 0 Å². The van der Waals surface area contributed by atoms with E-state index in [1.807, 2.05) is 18.2 Å². The molecule has 6 heteroatoms. The minimum Gasteiger partial charge on any atom is -0.497 e. The number of ether oxygens (including phenoxy) is 1. The molecule has 20 heavy (non-hydrogen) atoms. The second-order valence-electron chi connectivity index (χ2n) is 4.06. The summed E-state index contributed by atoms with van der Waals surface area (Å²) in [4.78, 5) is 17.7. The van der Waals surface area contributed by atoms with Gasteiger partial charge in [-0.2, -0.15) is 0 Å². The van der Waals surface area contributed by atoms with E-state index in [0.29, 0.717) is 17.0 Å². The zero-order chi connectivity index (χ0) is 14.7. The average molecular weight is 311 g/mol. The highest BCUT2D eigenvalue weighted by molar-refractivity contribution is 6.41. The highest BCUT2D eigenvalue weighted by Crippen LogP contribution is 2.24. The van der Waals surface area contributed by atoms with Crippen LogP contribution in [0.3, 0.4) is 0 Å². The summed E-state index contributed by atoms with van der Waals surface area (Å²) >= 11 is 11.6. The number of carbonyl (C=O) groups excluding carboxylic acids is 1. The van der Waals surface area contributed by atoms with Crippen molar-refractivity contribution < 1.29 is 9.53 Å². The largest absolute Gasteiger partial charge is 0.497 e. The molecule has 1 aromatic heterocycles. The molecule has 1 heterocycles. The van der Waals surface area contributed by atoms with Crippen molar-refractivity contribution in [3.8, 4) is 5.75 Å². The number of hydrogen-bond acceptors (Lipinski definition) is 3. The molecule has 2 aromatic rings. The molecule has 0 atom stereocenters. The number of rotatable bonds is 3. The first-order chi connectivity index (χ1) is 9.52. The van der Waals surface area contributed by atoms with Crippen LogP contribution in [0, 0.1) is 0 Å². The lowest BCUT2D eigenvalue weighted by Crippen LogP contribution is -2.26. The van der Waals surface area contributed by atoms with Crippen LogP contribution in [-0.2, 0) is 0 Å². The van der Waals surface area contributed by atoms with Crippen molar-refractivity contribution in [2.45, 2.75) is 0 Å². The van der Waals surface area contributed by atoms with Gasteiger partial charge in [-0.05, 0) is 18.2 Å². The molecule has 0 spiro atoms. The fourth-order valence-electron chi connectivity index (χ4n) is 1.67. The van der Waals surface area contributed by atoms with Crippen molar-refractivity contribution in [1.82, 2.24) is 4.98 Å². The molecule has 104 valence electrons. The van der Waals surface area contributed by atoms with Crippen molar-refractivity contribution in [3.63, 3.8) is 0 Å². The lowest BCUT2D eigenvalue weighted by molar-refractivity contribution is 0.0992. The lowest BCUT2D eigenvalue weighted by atomic mass is 10.2. The summed E-state index contributed by atoms with van der Waals surface area (Å²) in [7, 11) is 3.24. The second kappa shape index (κ2) is 6.11. The van der Waals surface area contributed by atoms with Crippen LogP contribution in [0.4, 0.5) is 5.69 Å². The van der Waals surface area contributed by atoms with Crippen molar-refractivity contribution in [2.75, 3.05) is 19.1 Å². The van der Waals surface area contributed by atoms with Crippen LogP contribution >= 0.6 is 23.2 Å². The fraction of sp³-hybridized carbons (Fsp3) is 0.143. The minimum absolute atomic E-state index is 0.173. The van der Waals surface area contributed by atoms with E-state index in [1.165, 1.54) is 17.2 Å². The summed E-state index contributed by atoms with van der Waals surface area (Å²) in [5.41, 5.74) is 1.07. The zero-order valence-corrected chi connectivity index (χ0v) is 12.4. The number of amides is 1. The molecule has 0 radical (unpaired) electrons. The molecular weight excluding hydrogens is 299 g/mol. The quantitative estimate of drug-likeness (QED) is 0.812. The Bertz CT molecular complexity index is 647. The normalized spacial score (nSPS) is 10.2. The molecule has 0 aliphatic carbocycles. The number of anilines is 1. The van der Waals surface area contributed by atoms with Crippen LogP contribution in [0.1, 0.15) is 10.4 Å². The average Bonchev–Trinajstić information content (AvgIpc) is 2.48. The molecule has 0 aliphatic heterocycles. The van der Waals surface area contributed by atoms with Crippen LogP contribution in [0.15, 0.2) is 36.5 Å². The van der Waals surface area contributed by atoms with E-state index < -0.39 is 0 Å². The first-order valence-electron chi connectivity index (χ1n) is 5.76. The van der Waals surface area contributed by atoms with E-state index in [-0.39, 0.29) is 16.1 Å². The molecule has 1 aromatic carbocycles. The lowest BCUT2D eigenvalue weighted by Gasteiger charge is -2.18. The molecule has 0 saturated heterocycles. The third kappa shape index (κ3) is 3.03. The smallest absolute Gasteiger partial charge is 0.259 e. The number of halogens is 2. The van der Waals surface area contributed by atoms with Crippen LogP contribution < -0.4 is 9.64 Å². The van der Waals surface area contributed by atoms with Gasteiger partial charge in [0, 0.05) is 25.0 Å². The number of pyridine rings is 1. The number of methoxy groups -OCH3 is 1. The van der Waals surface area contributed by atoms with Gasteiger partial charge in [-0.25, -0.2) is 4.98 Å². The van der Waals surface area contributed by atoms with Gasteiger partial charge in [0.15, 0.2) is 0 Å². The van der Waals surface area contributed by atoms with Crippen molar-refractivity contribution in [1.29, 1.82) is 0 Å². The van der Waals surface area contributed by atoms with Gasteiger partial charge in [0.05, 0.1) is 17.7 Å². The summed E-state index contributed by atoms with van der Waals surface area (Å²) in [5, 5.41) is 0.420. The van der Waals surface area contributed by atoms with E-state index >= 15 is 0 Å². The van der Waals surface area contributed by atoms with Crippen molar-refractivity contribution >= 4 is 34.8 Å². The van der Waals surface area contributed by atoms with Gasteiger partial charge in [0.25, 0.3) is 5.91 Å². The van der Waals surface area contributed by atoms with Crippen LogP contribution in [0.5, 0.6) is 5.75 Å². The number of aromatic nitrogens is 1. The summed E-state index contributed by atoms with van der Waals surface area (Å²) in [5.74, 6) is 0.443. The van der Waals surface area contributed by atoms with Crippen LogP contribution in [-0.4, -0.2) is 25.0 Å². The maximum atomic E-state index is 12.4. The number of hydrogen-bond donors (Lipinski definition) is 0.